The Labute approximate surface area is 114 Å². The Morgan fingerprint density at radius 3 is 2.95 bits per heavy atom. The fourth-order valence-corrected chi connectivity index (χ4v) is 2.59. The number of nitrogens with zero attached hydrogens (tertiary/aromatic N) is 2. The van der Waals surface area contributed by atoms with Gasteiger partial charge in [-0.3, -0.25) is 0 Å². The predicted molar refractivity (Wildman–Crippen MR) is 75.4 cm³/mol. The highest BCUT2D eigenvalue weighted by molar-refractivity contribution is 5.89. The van der Waals surface area contributed by atoms with Gasteiger partial charge in [-0.1, -0.05) is 13.3 Å². The first-order chi connectivity index (χ1) is 9.24. The molecule has 0 amide bonds. The highest BCUT2D eigenvalue weighted by atomic mass is 16.5. The van der Waals surface area contributed by atoms with Crippen molar-refractivity contribution in [2.45, 2.75) is 33.1 Å². The van der Waals surface area contributed by atoms with Crippen molar-refractivity contribution < 1.29 is 9.53 Å². The molecule has 1 aliphatic heterocycles. The number of hydrogen-bond donors (Lipinski definition) is 0. The summed E-state index contributed by atoms with van der Waals surface area (Å²) in [6, 6.07) is 3.72. The molecule has 0 spiro atoms. The quantitative estimate of drug-likeness (QED) is 0.765. The minimum absolute atomic E-state index is 0.299. The summed E-state index contributed by atoms with van der Waals surface area (Å²) in [5.74, 6) is 1.45. The van der Waals surface area contributed by atoms with Crippen molar-refractivity contribution >= 4 is 11.8 Å². The smallest absolute Gasteiger partial charge is 0.339 e. The largest absolute Gasteiger partial charge is 0.462 e. The summed E-state index contributed by atoms with van der Waals surface area (Å²) >= 11 is 0. The first kappa shape index (κ1) is 13.8. The van der Waals surface area contributed by atoms with Crippen LogP contribution in [0.4, 0.5) is 5.82 Å². The molecule has 0 aliphatic carbocycles. The lowest BCUT2D eigenvalue weighted by molar-refractivity contribution is 0.0526. The van der Waals surface area contributed by atoms with E-state index in [1.165, 1.54) is 19.3 Å². The number of hydrogen-bond acceptors (Lipinski definition) is 4. The number of anilines is 1. The number of carbonyl (C=O) groups is 1. The summed E-state index contributed by atoms with van der Waals surface area (Å²) in [4.78, 5) is 18.2. The Morgan fingerprint density at radius 1 is 1.47 bits per heavy atom. The third kappa shape index (κ3) is 3.46. The number of pyridine rings is 1. The Morgan fingerprint density at radius 2 is 2.32 bits per heavy atom. The van der Waals surface area contributed by atoms with Crippen molar-refractivity contribution in [1.29, 1.82) is 0 Å². The SMILES string of the molecule is CCCC1CCN(c2ccc(C(=O)OCC)cn2)C1. The van der Waals surface area contributed by atoms with E-state index >= 15 is 0 Å². The van der Waals surface area contributed by atoms with Crippen LogP contribution in [-0.2, 0) is 4.74 Å². The molecule has 2 rings (SSSR count). The van der Waals surface area contributed by atoms with Crippen LogP contribution in [-0.4, -0.2) is 30.6 Å². The van der Waals surface area contributed by atoms with Crippen LogP contribution in [0.3, 0.4) is 0 Å². The molecule has 1 aromatic heterocycles. The average molecular weight is 262 g/mol. The summed E-state index contributed by atoms with van der Waals surface area (Å²) in [6.07, 6.45) is 5.39. The molecule has 1 aliphatic rings. The molecule has 1 atom stereocenters. The van der Waals surface area contributed by atoms with Crippen molar-refractivity contribution in [2.24, 2.45) is 5.92 Å². The van der Waals surface area contributed by atoms with Gasteiger partial charge in [-0.25, -0.2) is 9.78 Å². The lowest BCUT2D eigenvalue weighted by Gasteiger charge is -2.17. The van der Waals surface area contributed by atoms with Crippen LogP contribution in [0, 0.1) is 5.92 Å². The molecule has 4 nitrogen and oxygen atoms in total. The van der Waals surface area contributed by atoms with Gasteiger partial charge in [-0.05, 0) is 37.8 Å². The number of aromatic nitrogens is 1. The summed E-state index contributed by atoms with van der Waals surface area (Å²) in [6.45, 7) is 6.58. The van der Waals surface area contributed by atoms with Crippen molar-refractivity contribution in [3.8, 4) is 0 Å². The van der Waals surface area contributed by atoms with Crippen molar-refractivity contribution in [3.05, 3.63) is 23.9 Å². The van der Waals surface area contributed by atoms with Gasteiger partial charge in [0.25, 0.3) is 0 Å². The summed E-state index contributed by atoms with van der Waals surface area (Å²) < 4.78 is 4.95. The minimum Gasteiger partial charge on any atom is -0.462 e. The van der Waals surface area contributed by atoms with Crippen molar-refractivity contribution in [2.75, 3.05) is 24.6 Å². The molecular formula is C15H22N2O2. The number of carbonyl (C=O) groups excluding carboxylic acids is 1. The zero-order valence-electron chi connectivity index (χ0n) is 11.8. The van der Waals surface area contributed by atoms with E-state index < -0.39 is 0 Å². The van der Waals surface area contributed by atoms with Crippen LogP contribution in [0.15, 0.2) is 18.3 Å². The maximum atomic E-state index is 11.5. The maximum absolute atomic E-state index is 11.5. The molecule has 0 aromatic carbocycles. The van der Waals surface area contributed by atoms with Gasteiger partial charge in [-0.2, -0.15) is 0 Å². The normalized spacial score (nSPS) is 18.6. The second kappa shape index (κ2) is 6.55. The van der Waals surface area contributed by atoms with Crippen LogP contribution in [0.2, 0.25) is 0 Å². The van der Waals surface area contributed by atoms with Crippen LogP contribution in [0.1, 0.15) is 43.5 Å². The van der Waals surface area contributed by atoms with E-state index in [0.717, 1.165) is 24.8 Å². The van der Waals surface area contributed by atoms with Crippen LogP contribution < -0.4 is 4.90 Å². The van der Waals surface area contributed by atoms with Crippen LogP contribution in [0.25, 0.3) is 0 Å². The second-order valence-corrected chi connectivity index (χ2v) is 5.01. The van der Waals surface area contributed by atoms with E-state index in [4.69, 9.17) is 4.74 Å². The third-order valence-electron chi connectivity index (χ3n) is 3.57. The molecule has 2 heterocycles. The molecular weight excluding hydrogens is 240 g/mol. The minimum atomic E-state index is -0.299. The molecule has 1 fully saturated rings. The fraction of sp³-hybridized carbons (Fsp3) is 0.600. The van der Waals surface area contributed by atoms with E-state index in [1.807, 2.05) is 6.07 Å². The van der Waals surface area contributed by atoms with E-state index in [0.29, 0.717) is 12.2 Å². The highest BCUT2D eigenvalue weighted by Gasteiger charge is 2.22. The highest BCUT2D eigenvalue weighted by Crippen LogP contribution is 2.25. The second-order valence-electron chi connectivity index (χ2n) is 5.01. The Bertz CT molecular complexity index is 417. The van der Waals surface area contributed by atoms with Crippen LogP contribution in [0.5, 0.6) is 0 Å². The maximum Gasteiger partial charge on any atom is 0.339 e. The van der Waals surface area contributed by atoms with E-state index in [1.54, 1.807) is 19.2 Å². The summed E-state index contributed by atoms with van der Waals surface area (Å²) in [7, 11) is 0. The molecule has 1 saturated heterocycles. The monoisotopic (exact) mass is 262 g/mol. The van der Waals surface area contributed by atoms with Crippen molar-refractivity contribution in [3.63, 3.8) is 0 Å². The average Bonchev–Trinajstić information content (AvgIpc) is 2.88. The Kier molecular flexibility index (Phi) is 4.77. The van der Waals surface area contributed by atoms with Crippen LogP contribution >= 0.6 is 0 Å². The number of esters is 1. The predicted octanol–water partition coefficient (Wildman–Crippen LogP) is 2.88. The molecule has 1 unspecified atom stereocenters. The third-order valence-corrected chi connectivity index (χ3v) is 3.57. The Balaban J connectivity index is 1.97. The zero-order valence-corrected chi connectivity index (χ0v) is 11.8. The summed E-state index contributed by atoms with van der Waals surface area (Å²) in [5, 5.41) is 0. The van der Waals surface area contributed by atoms with Gasteiger partial charge in [0.1, 0.15) is 5.82 Å². The molecule has 19 heavy (non-hydrogen) atoms. The molecule has 0 saturated carbocycles. The van der Waals surface area contributed by atoms with Gasteiger partial charge in [0.15, 0.2) is 0 Å². The molecule has 0 bridgehead atoms. The van der Waals surface area contributed by atoms with E-state index in [2.05, 4.69) is 16.8 Å². The molecule has 4 heteroatoms. The molecule has 0 radical (unpaired) electrons. The molecule has 0 N–H and O–H groups in total. The molecule has 1 aromatic rings. The number of ether oxygens (including phenoxy) is 1. The van der Waals surface area contributed by atoms with E-state index in [9.17, 15) is 4.79 Å². The lowest BCUT2D eigenvalue weighted by Crippen LogP contribution is -2.21. The van der Waals surface area contributed by atoms with Gasteiger partial charge in [0.05, 0.1) is 12.2 Å². The van der Waals surface area contributed by atoms with Gasteiger partial charge >= 0.3 is 5.97 Å². The van der Waals surface area contributed by atoms with Gasteiger partial charge in [0, 0.05) is 19.3 Å². The van der Waals surface area contributed by atoms with Gasteiger partial charge < -0.3 is 9.64 Å². The van der Waals surface area contributed by atoms with E-state index in [-0.39, 0.29) is 5.97 Å². The first-order valence-corrected chi connectivity index (χ1v) is 7.12. The Hall–Kier alpha value is -1.58. The topological polar surface area (TPSA) is 42.4 Å². The zero-order chi connectivity index (χ0) is 13.7. The standard InChI is InChI=1S/C15H22N2O2/c1-3-5-12-8-9-17(11-12)14-7-6-13(10-16-14)15(18)19-4-2/h6-7,10,12H,3-5,8-9,11H2,1-2H3. The molecule has 104 valence electrons. The fourth-order valence-electron chi connectivity index (χ4n) is 2.59. The first-order valence-electron chi connectivity index (χ1n) is 7.12. The van der Waals surface area contributed by atoms with Gasteiger partial charge in [-0.15, -0.1) is 0 Å². The lowest BCUT2D eigenvalue weighted by atomic mass is 10.0. The number of rotatable bonds is 5. The summed E-state index contributed by atoms with van der Waals surface area (Å²) in [5.41, 5.74) is 0.523. The van der Waals surface area contributed by atoms with Gasteiger partial charge in [0.2, 0.25) is 0 Å². The van der Waals surface area contributed by atoms with Crippen molar-refractivity contribution in [1.82, 2.24) is 4.98 Å².